The lowest BCUT2D eigenvalue weighted by molar-refractivity contribution is -0.167. The minimum atomic E-state index is -5.10. The molecule has 0 spiro atoms. The van der Waals surface area contributed by atoms with Crippen molar-refractivity contribution in [2.24, 2.45) is 0 Å². The number of aromatic nitrogens is 4. The molecule has 1 heterocycles. The SMILES string of the molecule is O=C(Nc1cc(-n2cnnn2)ccc1F)C(F)(F)F. The van der Waals surface area contributed by atoms with E-state index in [0.29, 0.717) is 0 Å². The van der Waals surface area contributed by atoms with Crippen molar-refractivity contribution in [1.82, 2.24) is 20.2 Å². The minimum Gasteiger partial charge on any atom is -0.316 e. The van der Waals surface area contributed by atoms with Crippen molar-refractivity contribution in [3.05, 3.63) is 30.3 Å². The number of nitrogens with one attached hydrogen (secondary N) is 1. The summed E-state index contributed by atoms with van der Waals surface area (Å²) in [6.45, 7) is 0. The lowest BCUT2D eigenvalue weighted by Gasteiger charge is -2.10. The van der Waals surface area contributed by atoms with Gasteiger partial charge in [0.1, 0.15) is 12.1 Å². The zero-order valence-electron chi connectivity index (χ0n) is 9.02. The van der Waals surface area contributed by atoms with E-state index in [1.165, 1.54) is 17.7 Å². The fraction of sp³-hybridized carbons (Fsp3) is 0.111. The van der Waals surface area contributed by atoms with Crippen molar-refractivity contribution in [2.75, 3.05) is 5.32 Å². The maximum atomic E-state index is 13.3. The number of amides is 1. The molecule has 0 bridgehead atoms. The van der Waals surface area contributed by atoms with Gasteiger partial charge in [-0.15, -0.1) is 5.10 Å². The second kappa shape index (κ2) is 4.63. The van der Waals surface area contributed by atoms with Crippen LogP contribution in [0, 0.1) is 5.82 Å². The van der Waals surface area contributed by atoms with Crippen LogP contribution in [0.4, 0.5) is 23.2 Å². The zero-order chi connectivity index (χ0) is 14.0. The molecule has 0 saturated heterocycles. The molecule has 10 heteroatoms. The molecule has 2 aromatic rings. The van der Waals surface area contributed by atoms with E-state index in [9.17, 15) is 22.4 Å². The standard InChI is InChI=1S/C9H5F4N5O/c10-6-2-1-5(18-4-14-16-17-18)3-7(6)15-8(19)9(11,12)13/h1-4H,(H,15,19). The highest BCUT2D eigenvalue weighted by atomic mass is 19.4. The van der Waals surface area contributed by atoms with Crippen LogP contribution >= 0.6 is 0 Å². The smallest absolute Gasteiger partial charge is 0.316 e. The lowest BCUT2D eigenvalue weighted by atomic mass is 10.2. The summed E-state index contributed by atoms with van der Waals surface area (Å²) >= 11 is 0. The van der Waals surface area contributed by atoms with Gasteiger partial charge in [-0.25, -0.2) is 9.07 Å². The Hall–Kier alpha value is -2.52. The van der Waals surface area contributed by atoms with Crippen molar-refractivity contribution in [3.8, 4) is 5.69 Å². The number of hydrogen-bond acceptors (Lipinski definition) is 4. The number of alkyl halides is 3. The quantitative estimate of drug-likeness (QED) is 0.838. The van der Waals surface area contributed by atoms with E-state index in [4.69, 9.17) is 0 Å². The summed E-state index contributed by atoms with van der Waals surface area (Å²) in [5.41, 5.74) is -0.417. The predicted molar refractivity (Wildman–Crippen MR) is 53.8 cm³/mol. The summed E-state index contributed by atoms with van der Waals surface area (Å²) in [5.74, 6) is -3.27. The normalized spacial score (nSPS) is 11.4. The number of anilines is 1. The van der Waals surface area contributed by atoms with E-state index in [2.05, 4.69) is 15.5 Å². The third kappa shape index (κ3) is 2.84. The molecule has 100 valence electrons. The van der Waals surface area contributed by atoms with Crippen LogP contribution in [0.5, 0.6) is 0 Å². The zero-order valence-corrected chi connectivity index (χ0v) is 9.02. The Bertz CT molecular complexity index is 595. The minimum absolute atomic E-state index is 0.198. The van der Waals surface area contributed by atoms with E-state index in [0.717, 1.165) is 16.8 Å². The average molecular weight is 275 g/mol. The summed E-state index contributed by atoms with van der Waals surface area (Å²) < 4.78 is 50.6. The van der Waals surface area contributed by atoms with Crippen molar-refractivity contribution in [1.29, 1.82) is 0 Å². The van der Waals surface area contributed by atoms with E-state index in [1.54, 1.807) is 0 Å². The maximum absolute atomic E-state index is 13.3. The molecule has 2 rings (SSSR count). The number of hydrogen-bond donors (Lipinski definition) is 1. The molecule has 0 radical (unpaired) electrons. The number of rotatable bonds is 2. The highest BCUT2D eigenvalue weighted by Crippen LogP contribution is 2.22. The molecular formula is C9H5F4N5O. The Morgan fingerprint density at radius 2 is 2.05 bits per heavy atom. The van der Waals surface area contributed by atoms with Gasteiger partial charge in [0.2, 0.25) is 0 Å². The first-order chi connectivity index (χ1) is 8.88. The van der Waals surface area contributed by atoms with Gasteiger partial charge in [0.05, 0.1) is 11.4 Å². The molecule has 1 amide bonds. The fourth-order valence-electron chi connectivity index (χ4n) is 1.22. The fourth-order valence-corrected chi connectivity index (χ4v) is 1.22. The molecule has 0 atom stereocenters. The second-order valence-corrected chi connectivity index (χ2v) is 3.37. The van der Waals surface area contributed by atoms with Gasteiger partial charge in [-0.2, -0.15) is 13.2 Å². The molecule has 0 saturated carbocycles. The van der Waals surface area contributed by atoms with Crippen LogP contribution in [0.1, 0.15) is 0 Å². The van der Waals surface area contributed by atoms with E-state index < -0.39 is 23.6 Å². The molecule has 19 heavy (non-hydrogen) atoms. The molecule has 1 N–H and O–H groups in total. The Morgan fingerprint density at radius 3 is 2.63 bits per heavy atom. The first-order valence-electron chi connectivity index (χ1n) is 4.79. The van der Waals surface area contributed by atoms with Gasteiger partial charge in [0, 0.05) is 0 Å². The van der Waals surface area contributed by atoms with Gasteiger partial charge in [0.25, 0.3) is 0 Å². The van der Waals surface area contributed by atoms with Gasteiger partial charge in [-0.1, -0.05) is 0 Å². The maximum Gasteiger partial charge on any atom is 0.471 e. The second-order valence-electron chi connectivity index (χ2n) is 3.37. The Kier molecular flexibility index (Phi) is 3.15. The molecule has 1 aromatic carbocycles. The van der Waals surface area contributed by atoms with E-state index >= 15 is 0 Å². The molecule has 1 aromatic heterocycles. The lowest BCUT2D eigenvalue weighted by Crippen LogP contribution is -2.30. The summed E-state index contributed by atoms with van der Waals surface area (Å²) in [4.78, 5) is 10.7. The number of tetrazole rings is 1. The summed E-state index contributed by atoms with van der Waals surface area (Å²) in [7, 11) is 0. The monoisotopic (exact) mass is 275 g/mol. The number of nitrogens with zero attached hydrogens (tertiary/aromatic N) is 4. The van der Waals surface area contributed by atoms with Gasteiger partial charge < -0.3 is 5.32 Å². The van der Waals surface area contributed by atoms with Crippen LogP contribution < -0.4 is 5.32 Å². The van der Waals surface area contributed by atoms with E-state index in [-0.39, 0.29) is 5.69 Å². The first-order valence-corrected chi connectivity index (χ1v) is 4.79. The highest BCUT2D eigenvalue weighted by molar-refractivity contribution is 5.95. The third-order valence-electron chi connectivity index (χ3n) is 2.07. The first kappa shape index (κ1) is 12.9. The number of carbonyl (C=O) groups excluding carboxylic acids is 1. The van der Waals surface area contributed by atoms with Crippen LogP contribution in [0.25, 0.3) is 5.69 Å². The molecule has 0 aliphatic carbocycles. The van der Waals surface area contributed by atoms with Gasteiger partial charge in [0.15, 0.2) is 0 Å². The van der Waals surface area contributed by atoms with Crippen molar-refractivity contribution < 1.29 is 22.4 Å². The van der Waals surface area contributed by atoms with Crippen LogP contribution in [-0.2, 0) is 4.79 Å². The summed E-state index contributed by atoms with van der Waals surface area (Å²) in [5, 5.41) is 11.6. The van der Waals surface area contributed by atoms with Crippen LogP contribution in [-0.4, -0.2) is 32.3 Å². The van der Waals surface area contributed by atoms with Gasteiger partial charge in [-0.05, 0) is 28.6 Å². The Balaban J connectivity index is 2.31. The van der Waals surface area contributed by atoms with Crippen LogP contribution in [0.3, 0.4) is 0 Å². The average Bonchev–Trinajstić information content (AvgIpc) is 2.84. The molecular weight excluding hydrogens is 270 g/mol. The van der Waals surface area contributed by atoms with Crippen LogP contribution in [0.15, 0.2) is 24.5 Å². The summed E-state index contributed by atoms with van der Waals surface area (Å²) in [6, 6.07) is 3.12. The molecule has 0 unspecified atom stereocenters. The Morgan fingerprint density at radius 1 is 1.32 bits per heavy atom. The molecule has 0 aliphatic rings. The van der Waals surface area contributed by atoms with E-state index in [1.807, 2.05) is 0 Å². The largest absolute Gasteiger partial charge is 0.471 e. The Labute approximate surface area is 103 Å². The third-order valence-corrected chi connectivity index (χ3v) is 2.07. The molecule has 0 aliphatic heterocycles. The highest BCUT2D eigenvalue weighted by Gasteiger charge is 2.39. The molecule has 0 fully saturated rings. The van der Waals surface area contributed by atoms with Crippen LogP contribution in [0.2, 0.25) is 0 Å². The number of benzene rings is 1. The topological polar surface area (TPSA) is 72.7 Å². The van der Waals surface area contributed by atoms with Crippen molar-refractivity contribution in [3.63, 3.8) is 0 Å². The van der Waals surface area contributed by atoms with Gasteiger partial charge >= 0.3 is 12.1 Å². The van der Waals surface area contributed by atoms with Crippen molar-refractivity contribution in [2.45, 2.75) is 6.18 Å². The predicted octanol–water partition coefficient (Wildman–Crippen LogP) is 1.30. The number of carbonyl (C=O) groups is 1. The van der Waals surface area contributed by atoms with Crippen molar-refractivity contribution >= 4 is 11.6 Å². The molecule has 6 nitrogen and oxygen atoms in total. The van der Waals surface area contributed by atoms with Gasteiger partial charge in [-0.3, -0.25) is 4.79 Å². The number of halogens is 4. The summed E-state index contributed by atoms with van der Waals surface area (Å²) in [6.07, 6.45) is -3.93.